The third kappa shape index (κ3) is 7.85. The summed E-state index contributed by atoms with van der Waals surface area (Å²) in [6, 6.07) is 8.54. The number of rotatable bonds is 15. The molecule has 158 valence electrons. The fourth-order valence-corrected chi connectivity index (χ4v) is 3.99. The maximum absolute atomic E-state index is 11.7. The molecule has 28 heavy (non-hydrogen) atoms. The van der Waals surface area contributed by atoms with Gasteiger partial charge in [0.15, 0.2) is 0 Å². The SMILES string of the molecule is CCCCCCCCC(CC)Oc1ccccc1[C@@H]1C[C@H]1CNC(=O)CCC. The van der Waals surface area contributed by atoms with E-state index in [1.807, 2.05) is 6.92 Å². The Labute approximate surface area is 172 Å². The third-order valence-electron chi connectivity index (χ3n) is 5.91. The number of benzene rings is 1. The normalized spacial score (nSPS) is 19.2. The topological polar surface area (TPSA) is 38.3 Å². The Balaban J connectivity index is 1.80. The van der Waals surface area contributed by atoms with Crippen LogP contribution in [0.4, 0.5) is 0 Å². The zero-order chi connectivity index (χ0) is 20.2. The number of unbranched alkanes of at least 4 members (excludes halogenated alkanes) is 5. The lowest BCUT2D eigenvalue weighted by Gasteiger charge is -2.20. The van der Waals surface area contributed by atoms with E-state index in [4.69, 9.17) is 4.74 Å². The van der Waals surface area contributed by atoms with E-state index < -0.39 is 0 Å². The first-order valence-electron chi connectivity index (χ1n) is 11.7. The fraction of sp³-hybridized carbons (Fsp3) is 0.720. The van der Waals surface area contributed by atoms with E-state index in [-0.39, 0.29) is 5.91 Å². The van der Waals surface area contributed by atoms with Gasteiger partial charge in [0.2, 0.25) is 5.91 Å². The van der Waals surface area contributed by atoms with Gasteiger partial charge in [-0.05, 0) is 55.6 Å². The lowest BCUT2D eigenvalue weighted by Crippen LogP contribution is -2.25. The third-order valence-corrected chi connectivity index (χ3v) is 5.91. The largest absolute Gasteiger partial charge is 0.490 e. The van der Waals surface area contributed by atoms with Crippen LogP contribution < -0.4 is 10.1 Å². The molecule has 1 aromatic rings. The molecule has 2 rings (SSSR count). The molecule has 1 aliphatic carbocycles. The van der Waals surface area contributed by atoms with Crippen molar-refractivity contribution in [1.82, 2.24) is 5.32 Å². The molecular weight excluding hydrogens is 346 g/mol. The highest BCUT2D eigenvalue weighted by atomic mass is 16.5. The molecule has 1 aromatic carbocycles. The van der Waals surface area contributed by atoms with Crippen molar-refractivity contribution in [3.63, 3.8) is 0 Å². The Morgan fingerprint density at radius 3 is 2.57 bits per heavy atom. The molecule has 1 N–H and O–H groups in total. The van der Waals surface area contributed by atoms with E-state index in [2.05, 4.69) is 43.4 Å². The molecular formula is C25H41NO2. The summed E-state index contributed by atoms with van der Waals surface area (Å²) in [5.41, 5.74) is 1.33. The van der Waals surface area contributed by atoms with Crippen molar-refractivity contribution in [1.29, 1.82) is 0 Å². The average molecular weight is 388 g/mol. The van der Waals surface area contributed by atoms with Gasteiger partial charge in [-0.3, -0.25) is 4.79 Å². The van der Waals surface area contributed by atoms with Gasteiger partial charge in [0.25, 0.3) is 0 Å². The van der Waals surface area contributed by atoms with E-state index >= 15 is 0 Å². The molecule has 1 saturated carbocycles. The molecule has 1 aliphatic rings. The molecule has 0 aromatic heterocycles. The number of hydrogen-bond acceptors (Lipinski definition) is 2. The lowest BCUT2D eigenvalue weighted by atomic mass is 10.0. The van der Waals surface area contributed by atoms with Gasteiger partial charge in [-0.2, -0.15) is 0 Å². The maximum Gasteiger partial charge on any atom is 0.219 e. The predicted molar refractivity (Wildman–Crippen MR) is 118 cm³/mol. The van der Waals surface area contributed by atoms with Gasteiger partial charge < -0.3 is 10.1 Å². The van der Waals surface area contributed by atoms with Gasteiger partial charge in [-0.1, -0.05) is 71.1 Å². The monoisotopic (exact) mass is 387 g/mol. The minimum Gasteiger partial charge on any atom is -0.490 e. The number of carbonyl (C=O) groups excluding carboxylic acids is 1. The second-order valence-corrected chi connectivity index (χ2v) is 8.40. The zero-order valence-electron chi connectivity index (χ0n) is 18.3. The van der Waals surface area contributed by atoms with Crippen LogP contribution in [0.5, 0.6) is 5.75 Å². The molecule has 0 heterocycles. The van der Waals surface area contributed by atoms with Gasteiger partial charge in [0, 0.05) is 13.0 Å². The van der Waals surface area contributed by atoms with Gasteiger partial charge in [0.05, 0.1) is 6.10 Å². The van der Waals surface area contributed by atoms with Crippen LogP contribution in [0, 0.1) is 5.92 Å². The van der Waals surface area contributed by atoms with E-state index in [0.29, 0.717) is 24.4 Å². The van der Waals surface area contributed by atoms with Crippen LogP contribution in [0.1, 0.15) is 103 Å². The Kier molecular flexibility index (Phi) is 10.5. The number of para-hydroxylation sites is 1. The van der Waals surface area contributed by atoms with Crippen molar-refractivity contribution in [2.45, 2.75) is 103 Å². The van der Waals surface area contributed by atoms with Crippen molar-refractivity contribution in [3.05, 3.63) is 29.8 Å². The van der Waals surface area contributed by atoms with Gasteiger partial charge in [0.1, 0.15) is 5.75 Å². The molecule has 3 heteroatoms. The Morgan fingerprint density at radius 2 is 1.82 bits per heavy atom. The number of ether oxygens (including phenoxy) is 1. The van der Waals surface area contributed by atoms with Crippen LogP contribution in [0.15, 0.2) is 24.3 Å². The Bertz CT molecular complexity index is 571. The minimum atomic E-state index is 0.183. The summed E-state index contributed by atoms with van der Waals surface area (Å²) in [6.45, 7) is 7.34. The number of hydrogen-bond donors (Lipinski definition) is 1. The number of amides is 1. The minimum absolute atomic E-state index is 0.183. The van der Waals surface area contributed by atoms with Crippen molar-refractivity contribution in [2.24, 2.45) is 5.92 Å². The standard InChI is InChI=1S/C25H41NO2/c1-4-7-8-9-10-11-15-21(6-3)28-24-17-13-12-16-22(24)23-18-20(23)19-26-25(27)14-5-2/h12-13,16-17,20-21,23H,4-11,14-15,18-19H2,1-3H3,(H,26,27)/t20-,21?,23+/m0/s1. The molecule has 1 unspecified atom stereocenters. The zero-order valence-corrected chi connectivity index (χ0v) is 18.3. The van der Waals surface area contributed by atoms with Crippen LogP contribution in [-0.4, -0.2) is 18.6 Å². The molecule has 3 atom stereocenters. The van der Waals surface area contributed by atoms with Crippen LogP contribution in [-0.2, 0) is 4.79 Å². The van der Waals surface area contributed by atoms with Crippen LogP contribution >= 0.6 is 0 Å². The molecule has 1 amide bonds. The lowest BCUT2D eigenvalue weighted by molar-refractivity contribution is -0.121. The van der Waals surface area contributed by atoms with Crippen LogP contribution in [0.2, 0.25) is 0 Å². The summed E-state index contributed by atoms with van der Waals surface area (Å²) in [5, 5.41) is 3.09. The summed E-state index contributed by atoms with van der Waals surface area (Å²) in [5.74, 6) is 2.34. The second-order valence-electron chi connectivity index (χ2n) is 8.40. The van der Waals surface area contributed by atoms with Gasteiger partial charge in [-0.25, -0.2) is 0 Å². The number of carbonyl (C=O) groups is 1. The van der Waals surface area contributed by atoms with E-state index in [1.54, 1.807) is 0 Å². The number of nitrogens with one attached hydrogen (secondary N) is 1. The summed E-state index contributed by atoms with van der Waals surface area (Å²) in [7, 11) is 0. The summed E-state index contributed by atoms with van der Waals surface area (Å²) in [4.78, 5) is 11.7. The molecule has 0 bridgehead atoms. The van der Waals surface area contributed by atoms with Crippen LogP contribution in [0.3, 0.4) is 0 Å². The van der Waals surface area contributed by atoms with Crippen molar-refractivity contribution >= 4 is 5.91 Å². The molecule has 3 nitrogen and oxygen atoms in total. The van der Waals surface area contributed by atoms with E-state index in [0.717, 1.165) is 38.0 Å². The maximum atomic E-state index is 11.7. The summed E-state index contributed by atoms with van der Waals surface area (Å²) >= 11 is 0. The average Bonchev–Trinajstić information content (AvgIpc) is 3.48. The quantitative estimate of drug-likeness (QED) is 0.344. The van der Waals surface area contributed by atoms with Gasteiger partial charge in [-0.15, -0.1) is 0 Å². The molecule has 0 aliphatic heterocycles. The first-order valence-corrected chi connectivity index (χ1v) is 11.7. The molecule has 0 radical (unpaired) electrons. The van der Waals surface area contributed by atoms with Crippen LogP contribution in [0.25, 0.3) is 0 Å². The molecule has 0 spiro atoms. The predicted octanol–water partition coefficient (Wildman–Crippen LogP) is 6.61. The molecule has 1 fully saturated rings. The van der Waals surface area contributed by atoms with E-state index in [1.165, 1.54) is 44.1 Å². The van der Waals surface area contributed by atoms with Crippen molar-refractivity contribution < 1.29 is 9.53 Å². The Hall–Kier alpha value is -1.51. The van der Waals surface area contributed by atoms with E-state index in [9.17, 15) is 4.79 Å². The first-order chi connectivity index (χ1) is 13.7. The highest BCUT2D eigenvalue weighted by molar-refractivity contribution is 5.75. The fourth-order valence-electron chi connectivity index (χ4n) is 3.99. The highest BCUT2D eigenvalue weighted by Gasteiger charge is 2.40. The highest BCUT2D eigenvalue weighted by Crippen LogP contribution is 2.50. The summed E-state index contributed by atoms with van der Waals surface area (Å²) < 4.78 is 6.45. The van der Waals surface area contributed by atoms with Crippen molar-refractivity contribution in [2.75, 3.05) is 6.54 Å². The van der Waals surface area contributed by atoms with Crippen molar-refractivity contribution in [3.8, 4) is 5.75 Å². The second kappa shape index (κ2) is 12.9. The Morgan fingerprint density at radius 1 is 1.07 bits per heavy atom. The summed E-state index contributed by atoms with van der Waals surface area (Å²) in [6.07, 6.45) is 13.2. The smallest absolute Gasteiger partial charge is 0.219 e. The molecule has 0 saturated heterocycles. The van der Waals surface area contributed by atoms with Gasteiger partial charge >= 0.3 is 0 Å². The first kappa shape index (κ1) is 22.8.